The van der Waals surface area contributed by atoms with E-state index in [0.29, 0.717) is 13.0 Å². The predicted molar refractivity (Wildman–Crippen MR) is 149 cm³/mol. The lowest BCUT2D eigenvalue weighted by atomic mass is 10.0. The van der Waals surface area contributed by atoms with E-state index in [0.717, 1.165) is 54.6 Å². The number of rotatable bonds is 16. The van der Waals surface area contributed by atoms with E-state index in [2.05, 4.69) is 72.3 Å². The van der Waals surface area contributed by atoms with Gasteiger partial charge in [-0.15, -0.1) is 0 Å². The van der Waals surface area contributed by atoms with Crippen LogP contribution < -0.4 is 0 Å². The Labute approximate surface area is 217 Å². The molecule has 0 unspecified atom stereocenters. The lowest BCUT2D eigenvalue weighted by Gasteiger charge is -2.07. The Kier molecular flexibility index (Phi) is 12.2. The van der Waals surface area contributed by atoms with Crippen LogP contribution in [0.1, 0.15) is 89.2 Å². The maximum absolute atomic E-state index is 11.7. The molecule has 0 radical (unpaired) electrons. The maximum atomic E-state index is 11.7. The summed E-state index contributed by atoms with van der Waals surface area (Å²) in [5.41, 5.74) is 5.75. The van der Waals surface area contributed by atoms with Gasteiger partial charge < -0.3 is 4.74 Å². The smallest absolute Gasteiger partial charge is 0.305 e. The summed E-state index contributed by atoms with van der Waals surface area (Å²) < 4.78 is 5.36. The Morgan fingerprint density at radius 2 is 1.19 bits per heavy atom. The van der Waals surface area contributed by atoms with E-state index in [9.17, 15) is 4.79 Å². The van der Waals surface area contributed by atoms with Gasteiger partial charge in [0.1, 0.15) is 0 Å². The van der Waals surface area contributed by atoms with Crippen molar-refractivity contribution in [3.63, 3.8) is 0 Å². The summed E-state index contributed by atoms with van der Waals surface area (Å²) in [5.74, 6) is 0.685. The van der Waals surface area contributed by atoms with E-state index in [1.165, 1.54) is 49.7 Å². The van der Waals surface area contributed by atoms with E-state index in [-0.39, 0.29) is 5.97 Å². The molecule has 0 aliphatic heterocycles. The molecular weight excluding hydrogens is 444 g/mol. The van der Waals surface area contributed by atoms with Crippen LogP contribution in [-0.4, -0.2) is 22.5 Å². The largest absolute Gasteiger partial charge is 0.465 e. The Balaban J connectivity index is 1.45. The molecule has 0 saturated carbocycles. The van der Waals surface area contributed by atoms with Crippen molar-refractivity contribution in [2.24, 2.45) is 0 Å². The summed E-state index contributed by atoms with van der Waals surface area (Å²) in [5, 5.41) is 0. The second kappa shape index (κ2) is 15.9. The molecule has 0 aliphatic rings. The van der Waals surface area contributed by atoms with E-state index in [1.807, 2.05) is 12.4 Å². The molecule has 3 rings (SSSR count). The molecule has 0 saturated heterocycles. The highest BCUT2D eigenvalue weighted by atomic mass is 16.5. The number of carbonyl (C=O) groups is 1. The van der Waals surface area contributed by atoms with Crippen molar-refractivity contribution in [1.82, 2.24) is 9.97 Å². The molecule has 0 aliphatic carbocycles. The van der Waals surface area contributed by atoms with E-state index < -0.39 is 0 Å². The van der Waals surface area contributed by atoms with Gasteiger partial charge in [-0.3, -0.25) is 4.79 Å². The van der Waals surface area contributed by atoms with Gasteiger partial charge in [-0.2, -0.15) is 0 Å². The predicted octanol–water partition coefficient (Wildman–Crippen LogP) is 8.38. The molecule has 192 valence electrons. The average Bonchev–Trinajstić information content (AvgIpc) is 2.92. The van der Waals surface area contributed by atoms with Gasteiger partial charge in [-0.1, -0.05) is 107 Å². The van der Waals surface area contributed by atoms with Crippen molar-refractivity contribution in [2.75, 3.05) is 6.61 Å². The van der Waals surface area contributed by atoms with Crippen LogP contribution in [0.2, 0.25) is 0 Å². The normalized spacial score (nSPS) is 10.9. The van der Waals surface area contributed by atoms with E-state index >= 15 is 0 Å². The number of hydrogen-bond donors (Lipinski definition) is 0. The van der Waals surface area contributed by atoms with Crippen LogP contribution in [0.25, 0.3) is 22.5 Å². The Hall–Kier alpha value is -3.01. The van der Waals surface area contributed by atoms with Gasteiger partial charge in [-0.05, 0) is 41.5 Å². The lowest BCUT2D eigenvalue weighted by molar-refractivity contribution is -0.143. The van der Waals surface area contributed by atoms with Crippen LogP contribution in [0.3, 0.4) is 0 Å². The summed E-state index contributed by atoms with van der Waals surface area (Å²) in [7, 11) is 0. The van der Waals surface area contributed by atoms with Crippen LogP contribution in [-0.2, 0) is 22.4 Å². The van der Waals surface area contributed by atoms with Crippen LogP contribution >= 0.6 is 0 Å². The molecule has 0 bridgehead atoms. The molecule has 0 atom stereocenters. The highest BCUT2D eigenvalue weighted by molar-refractivity contribution is 5.69. The monoisotopic (exact) mass is 486 g/mol. The number of aromatic nitrogens is 2. The molecule has 4 heteroatoms. The number of benzene rings is 2. The van der Waals surface area contributed by atoms with Crippen LogP contribution in [0, 0.1) is 0 Å². The molecule has 4 nitrogen and oxygen atoms in total. The zero-order valence-corrected chi connectivity index (χ0v) is 22.2. The number of hydrogen-bond acceptors (Lipinski definition) is 4. The third kappa shape index (κ3) is 9.56. The van der Waals surface area contributed by atoms with E-state index in [1.54, 1.807) is 0 Å². The Morgan fingerprint density at radius 3 is 1.86 bits per heavy atom. The van der Waals surface area contributed by atoms with Crippen LogP contribution in [0.15, 0.2) is 60.9 Å². The summed E-state index contributed by atoms with van der Waals surface area (Å²) in [6.07, 6.45) is 17.2. The summed E-state index contributed by atoms with van der Waals surface area (Å²) in [4.78, 5) is 21.0. The minimum atomic E-state index is -0.0865. The molecule has 0 amide bonds. The average molecular weight is 487 g/mol. The van der Waals surface area contributed by atoms with Crippen molar-refractivity contribution < 1.29 is 9.53 Å². The minimum absolute atomic E-state index is 0.0865. The molecule has 0 fully saturated rings. The van der Waals surface area contributed by atoms with Gasteiger partial charge in [0.25, 0.3) is 0 Å². The second-order valence-corrected chi connectivity index (χ2v) is 9.63. The number of nitrogens with zero attached hydrogens (tertiary/aromatic N) is 2. The first-order chi connectivity index (χ1) is 17.7. The molecule has 1 aromatic heterocycles. The standard InChI is InChI=1S/C32H42N2O2/c1-3-5-7-8-9-11-12-27-24-33-32(34-25-27)30-20-18-29(19-21-30)28-16-14-26(15-17-28)22-23-36-31(35)13-10-6-4-2/h14-21,24-25H,3-13,22-23H2,1-2H3. The van der Waals surface area contributed by atoms with Gasteiger partial charge in [0.2, 0.25) is 0 Å². The van der Waals surface area contributed by atoms with Crippen molar-refractivity contribution in [3.05, 3.63) is 72.1 Å². The first-order valence-corrected chi connectivity index (χ1v) is 13.9. The van der Waals surface area contributed by atoms with Crippen molar-refractivity contribution in [1.29, 1.82) is 0 Å². The number of ether oxygens (including phenoxy) is 1. The highest BCUT2D eigenvalue weighted by Gasteiger charge is 2.05. The van der Waals surface area contributed by atoms with Gasteiger partial charge in [0.05, 0.1) is 6.61 Å². The molecule has 36 heavy (non-hydrogen) atoms. The zero-order valence-electron chi connectivity index (χ0n) is 22.2. The van der Waals surface area contributed by atoms with Crippen molar-refractivity contribution >= 4 is 5.97 Å². The minimum Gasteiger partial charge on any atom is -0.465 e. The molecule has 2 aromatic carbocycles. The first kappa shape index (κ1) is 27.6. The third-order valence-corrected chi connectivity index (χ3v) is 6.59. The lowest BCUT2D eigenvalue weighted by Crippen LogP contribution is -2.07. The maximum Gasteiger partial charge on any atom is 0.305 e. The summed E-state index contributed by atoms with van der Waals surface area (Å²) in [6, 6.07) is 16.9. The molecule has 0 spiro atoms. The number of carbonyl (C=O) groups excluding carboxylic acids is 1. The number of aryl methyl sites for hydroxylation is 1. The van der Waals surface area contributed by atoms with Crippen LogP contribution in [0.5, 0.6) is 0 Å². The highest BCUT2D eigenvalue weighted by Crippen LogP contribution is 2.24. The second-order valence-electron chi connectivity index (χ2n) is 9.63. The third-order valence-electron chi connectivity index (χ3n) is 6.59. The fourth-order valence-corrected chi connectivity index (χ4v) is 4.29. The molecule has 3 aromatic rings. The fraction of sp³-hybridized carbons (Fsp3) is 0.469. The Bertz CT molecular complexity index is 1010. The summed E-state index contributed by atoms with van der Waals surface area (Å²) in [6.45, 7) is 4.83. The zero-order chi connectivity index (χ0) is 25.4. The van der Waals surface area contributed by atoms with Crippen molar-refractivity contribution in [2.45, 2.75) is 90.9 Å². The van der Waals surface area contributed by atoms with Crippen molar-refractivity contribution in [3.8, 4) is 22.5 Å². The molecular formula is C32H42N2O2. The molecule has 1 heterocycles. The van der Waals surface area contributed by atoms with Crippen LogP contribution in [0.4, 0.5) is 0 Å². The van der Waals surface area contributed by atoms with E-state index in [4.69, 9.17) is 4.74 Å². The van der Waals surface area contributed by atoms with Gasteiger partial charge in [-0.25, -0.2) is 9.97 Å². The van der Waals surface area contributed by atoms with Gasteiger partial charge >= 0.3 is 5.97 Å². The van der Waals surface area contributed by atoms with Gasteiger partial charge in [0, 0.05) is 30.8 Å². The fourth-order valence-electron chi connectivity index (χ4n) is 4.29. The molecule has 0 N–H and O–H groups in total. The quantitative estimate of drug-likeness (QED) is 0.151. The van der Waals surface area contributed by atoms with Gasteiger partial charge in [0.15, 0.2) is 5.82 Å². The SMILES string of the molecule is CCCCCCCCc1cnc(-c2ccc(-c3ccc(CCOC(=O)CCCCC)cc3)cc2)nc1. The number of esters is 1. The Morgan fingerprint density at radius 1 is 0.639 bits per heavy atom. The number of unbranched alkanes of at least 4 members (excludes halogenated alkanes) is 7. The first-order valence-electron chi connectivity index (χ1n) is 13.9. The topological polar surface area (TPSA) is 52.1 Å². The summed E-state index contributed by atoms with van der Waals surface area (Å²) >= 11 is 0.